The molecule has 1 aromatic carbocycles. The summed E-state index contributed by atoms with van der Waals surface area (Å²) in [5.41, 5.74) is 5.70. The molecule has 0 radical (unpaired) electrons. The Morgan fingerprint density at radius 2 is 2.14 bits per heavy atom. The molecule has 8 nitrogen and oxygen atoms in total. The van der Waals surface area contributed by atoms with Gasteiger partial charge in [-0.15, -0.1) is 0 Å². The van der Waals surface area contributed by atoms with Gasteiger partial charge in [0.2, 0.25) is 17.7 Å². The molecule has 3 heterocycles. The van der Waals surface area contributed by atoms with Gasteiger partial charge in [0, 0.05) is 31.2 Å². The largest absolute Gasteiger partial charge is 0.468 e. The van der Waals surface area contributed by atoms with Gasteiger partial charge in [-0.05, 0) is 25.0 Å². The lowest BCUT2D eigenvalue weighted by atomic mass is 9.73. The third-order valence-corrected chi connectivity index (χ3v) is 5.83. The molecule has 1 fully saturated rings. The van der Waals surface area contributed by atoms with Crippen LogP contribution in [0.25, 0.3) is 0 Å². The van der Waals surface area contributed by atoms with Crippen molar-refractivity contribution in [2.45, 2.75) is 57.6 Å². The predicted molar refractivity (Wildman–Crippen MR) is 104 cm³/mol. The smallest absolute Gasteiger partial charge is 0.238 e. The van der Waals surface area contributed by atoms with Gasteiger partial charge in [-0.25, -0.2) is 0 Å². The third-order valence-electron chi connectivity index (χ3n) is 5.83. The van der Waals surface area contributed by atoms with Gasteiger partial charge >= 0.3 is 0 Å². The first-order chi connectivity index (χ1) is 13.8. The number of primary amides is 1. The van der Waals surface area contributed by atoms with Crippen molar-refractivity contribution in [1.29, 1.82) is 0 Å². The highest BCUT2D eigenvalue weighted by molar-refractivity contribution is 6.01. The fraction of sp³-hybridized carbons (Fsp3) is 0.524. The van der Waals surface area contributed by atoms with E-state index in [4.69, 9.17) is 15.0 Å². The van der Waals surface area contributed by atoms with Crippen molar-refractivity contribution in [3.05, 3.63) is 41.5 Å². The number of nitrogens with zero attached hydrogens (tertiary/aromatic N) is 3. The van der Waals surface area contributed by atoms with E-state index < -0.39 is 17.6 Å². The molecule has 2 aromatic rings. The zero-order valence-corrected chi connectivity index (χ0v) is 16.9. The molecule has 0 spiro atoms. The van der Waals surface area contributed by atoms with Crippen molar-refractivity contribution in [2.24, 2.45) is 11.7 Å². The van der Waals surface area contributed by atoms with Gasteiger partial charge in [-0.3, -0.25) is 9.59 Å². The first-order valence-corrected chi connectivity index (χ1v) is 10.0. The molecule has 2 bridgehead atoms. The number of likely N-dealkylation sites (tertiary alicyclic amines) is 1. The summed E-state index contributed by atoms with van der Waals surface area (Å²) in [6.07, 6.45) is 1.68. The summed E-state index contributed by atoms with van der Waals surface area (Å²) in [7, 11) is 0. The number of aryl methyl sites for hydroxylation is 1. The standard InChI is InChI=1S/C21H26N4O4/c1-12(2)19-23-16(29-24-19)9-6-10-25-20(27)17(18(22)26)14-11-21(25,3)28-15-8-5-4-7-13(14)15/h4-5,7-8,12,14,17H,6,9-11H2,1-3H3,(H2,22,26)/t14-,17-,21+/m0/s1. The molecule has 2 N–H and O–H groups in total. The second kappa shape index (κ2) is 7.17. The number of hydrogen-bond donors (Lipinski definition) is 1. The molecule has 0 saturated carbocycles. The normalized spacial score (nSPS) is 25.7. The van der Waals surface area contributed by atoms with E-state index >= 15 is 0 Å². The number of aromatic nitrogens is 2. The number of carbonyl (C=O) groups is 2. The summed E-state index contributed by atoms with van der Waals surface area (Å²) in [5.74, 6) is 0.0844. The second-order valence-electron chi connectivity index (χ2n) is 8.30. The fourth-order valence-corrected chi connectivity index (χ4v) is 4.37. The molecule has 154 valence electrons. The number of hydrogen-bond acceptors (Lipinski definition) is 6. The molecule has 2 aliphatic rings. The van der Waals surface area contributed by atoms with Crippen LogP contribution in [0.4, 0.5) is 0 Å². The molecule has 4 rings (SSSR count). The Morgan fingerprint density at radius 1 is 1.38 bits per heavy atom. The summed E-state index contributed by atoms with van der Waals surface area (Å²) in [6.45, 7) is 6.31. The Balaban J connectivity index is 1.55. The maximum absolute atomic E-state index is 13.2. The first kappa shape index (κ1) is 19.4. The Labute approximate surface area is 169 Å². The summed E-state index contributed by atoms with van der Waals surface area (Å²) in [5, 5.41) is 3.97. The molecular weight excluding hydrogens is 372 g/mol. The molecule has 1 saturated heterocycles. The molecule has 29 heavy (non-hydrogen) atoms. The van der Waals surface area contributed by atoms with Crippen molar-refractivity contribution in [3.8, 4) is 5.75 Å². The van der Waals surface area contributed by atoms with Gasteiger partial charge in [-0.1, -0.05) is 37.2 Å². The number of rotatable bonds is 6. The predicted octanol–water partition coefficient (Wildman–Crippen LogP) is 2.35. The zero-order valence-electron chi connectivity index (χ0n) is 16.9. The quantitative estimate of drug-likeness (QED) is 0.748. The van der Waals surface area contributed by atoms with E-state index in [-0.39, 0.29) is 17.7 Å². The third kappa shape index (κ3) is 3.36. The topological polar surface area (TPSA) is 112 Å². The lowest BCUT2D eigenvalue weighted by Gasteiger charge is -2.52. The Kier molecular flexibility index (Phi) is 4.80. The van der Waals surface area contributed by atoms with Crippen LogP contribution in [0, 0.1) is 5.92 Å². The van der Waals surface area contributed by atoms with E-state index in [1.165, 1.54) is 0 Å². The van der Waals surface area contributed by atoms with Gasteiger partial charge in [0.1, 0.15) is 11.7 Å². The average molecular weight is 398 g/mol. The average Bonchev–Trinajstić information content (AvgIpc) is 3.13. The minimum atomic E-state index is -0.885. The van der Waals surface area contributed by atoms with Crippen LogP contribution >= 0.6 is 0 Å². The number of piperidine rings is 1. The monoisotopic (exact) mass is 398 g/mol. The molecule has 0 unspecified atom stereocenters. The van der Waals surface area contributed by atoms with Crippen LogP contribution in [-0.2, 0) is 16.0 Å². The number of carbonyl (C=O) groups excluding carboxylic acids is 2. The summed E-state index contributed by atoms with van der Waals surface area (Å²) >= 11 is 0. The van der Waals surface area contributed by atoms with Crippen molar-refractivity contribution in [3.63, 3.8) is 0 Å². The van der Waals surface area contributed by atoms with Gasteiger partial charge in [0.15, 0.2) is 11.5 Å². The van der Waals surface area contributed by atoms with Crippen LogP contribution in [0.1, 0.15) is 62.7 Å². The minimum absolute atomic E-state index is 0.194. The van der Waals surface area contributed by atoms with Crippen molar-refractivity contribution in [2.75, 3.05) is 6.54 Å². The molecule has 0 aliphatic carbocycles. The highest BCUT2D eigenvalue weighted by atomic mass is 16.5. The van der Waals surface area contributed by atoms with Crippen molar-refractivity contribution < 1.29 is 18.8 Å². The van der Waals surface area contributed by atoms with Crippen LogP contribution in [0.3, 0.4) is 0 Å². The van der Waals surface area contributed by atoms with Crippen LogP contribution in [0.15, 0.2) is 28.8 Å². The molecular formula is C21H26N4O4. The number of benzene rings is 1. The Hall–Kier alpha value is -2.90. The van der Waals surface area contributed by atoms with E-state index in [9.17, 15) is 9.59 Å². The van der Waals surface area contributed by atoms with Gasteiger partial charge in [0.25, 0.3) is 0 Å². The van der Waals surface area contributed by atoms with E-state index in [1.54, 1.807) is 4.90 Å². The Morgan fingerprint density at radius 3 is 2.83 bits per heavy atom. The number of amides is 2. The SMILES string of the molecule is CC(C)c1noc(CCCN2C(=O)[C@H](C(N)=O)[C@H]3C[C@@]2(C)Oc2ccccc23)n1. The molecule has 1 aromatic heterocycles. The molecule has 2 aliphatic heterocycles. The maximum Gasteiger partial charge on any atom is 0.238 e. The first-order valence-electron chi connectivity index (χ1n) is 10.0. The van der Waals surface area contributed by atoms with Gasteiger partial charge in [-0.2, -0.15) is 4.98 Å². The molecule has 2 amide bonds. The van der Waals surface area contributed by atoms with Gasteiger partial charge in [0.05, 0.1) is 0 Å². The zero-order chi connectivity index (χ0) is 20.8. The van der Waals surface area contributed by atoms with Crippen molar-refractivity contribution in [1.82, 2.24) is 15.0 Å². The maximum atomic E-state index is 13.2. The van der Waals surface area contributed by atoms with E-state index in [1.807, 2.05) is 45.0 Å². The highest BCUT2D eigenvalue weighted by Gasteiger charge is 2.55. The minimum Gasteiger partial charge on any atom is -0.468 e. The lowest BCUT2D eigenvalue weighted by Crippen LogP contribution is -2.64. The van der Waals surface area contributed by atoms with E-state index in [0.29, 0.717) is 43.3 Å². The van der Waals surface area contributed by atoms with E-state index in [0.717, 1.165) is 5.56 Å². The molecule has 3 atom stereocenters. The number of nitrogens with two attached hydrogens (primary N) is 1. The number of para-hydroxylation sites is 1. The second-order valence-corrected chi connectivity index (χ2v) is 8.30. The van der Waals surface area contributed by atoms with Crippen molar-refractivity contribution >= 4 is 11.8 Å². The van der Waals surface area contributed by atoms with Crippen LogP contribution in [-0.4, -0.2) is 39.1 Å². The molecule has 8 heteroatoms. The van der Waals surface area contributed by atoms with Crippen LogP contribution in [0.5, 0.6) is 5.75 Å². The van der Waals surface area contributed by atoms with Crippen LogP contribution < -0.4 is 10.5 Å². The summed E-state index contributed by atoms with van der Waals surface area (Å²) in [6, 6.07) is 7.55. The van der Waals surface area contributed by atoms with E-state index in [2.05, 4.69) is 10.1 Å². The number of fused-ring (bicyclic) bond motifs is 4. The highest BCUT2D eigenvalue weighted by Crippen LogP contribution is 2.49. The fourth-order valence-electron chi connectivity index (χ4n) is 4.37. The van der Waals surface area contributed by atoms with Crippen LogP contribution in [0.2, 0.25) is 0 Å². The summed E-state index contributed by atoms with van der Waals surface area (Å²) < 4.78 is 11.5. The van der Waals surface area contributed by atoms with Gasteiger partial charge < -0.3 is 19.9 Å². The number of ether oxygens (including phenoxy) is 1. The lowest BCUT2D eigenvalue weighted by molar-refractivity contribution is -0.175. The summed E-state index contributed by atoms with van der Waals surface area (Å²) in [4.78, 5) is 31.4. The Bertz CT molecular complexity index is 940.